The Labute approximate surface area is 80.7 Å². The summed E-state index contributed by atoms with van der Waals surface area (Å²) in [6, 6.07) is 7.34. The van der Waals surface area contributed by atoms with Gasteiger partial charge < -0.3 is 9.47 Å². The Kier molecular flexibility index (Phi) is 2.54. The van der Waals surface area contributed by atoms with Crippen molar-refractivity contribution < 1.29 is 9.47 Å². The maximum absolute atomic E-state index is 5.49. The molecular weight excluding hydrogens is 180 g/mol. The quantitative estimate of drug-likeness (QED) is 0.664. The average molecular weight is 192 g/mol. The molecule has 1 aromatic carbocycles. The SMILES string of the molecule is C[Si]Cc1ccc2c(c1)OCCO2. The molecule has 68 valence electrons. The monoisotopic (exact) mass is 192 g/mol. The first-order chi connectivity index (χ1) is 6.40. The van der Waals surface area contributed by atoms with E-state index in [1.54, 1.807) is 0 Å². The summed E-state index contributed by atoms with van der Waals surface area (Å²) in [7, 11) is 0.952. The summed E-state index contributed by atoms with van der Waals surface area (Å²) in [5, 5.41) is 0. The van der Waals surface area contributed by atoms with Crippen LogP contribution in [0.25, 0.3) is 0 Å². The van der Waals surface area contributed by atoms with Crippen LogP contribution < -0.4 is 9.47 Å². The van der Waals surface area contributed by atoms with Crippen molar-refractivity contribution in [1.82, 2.24) is 0 Å². The lowest BCUT2D eigenvalue weighted by Crippen LogP contribution is -2.15. The zero-order chi connectivity index (χ0) is 9.10. The topological polar surface area (TPSA) is 18.5 Å². The number of hydrogen-bond donors (Lipinski definition) is 0. The van der Waals surface area contributed by atoms with Crippen molar-refractivity contribution in [3.05, 3.63) is 23.8 Å². The second kappa shape index (κ2) is 3.83. The number of fused-ring (bicyclic) bond motifs is 1. The predicted molar refractivity (Wildman–Crippen MR) is 52.8 cm³/mol. The number of rotatable bonds is 2. The Balaban J connectivity index is 2.24. The molecule has 2 nitrogen and oxygen atoms in total. The number of hydrogen-bond acceptors (Lipinski definition) is 2. The molecule has 0 unspecified atom stereocenters. The standard InChI is InChI=1S/C10H12O2Si/c1-13-7-8-2-3-9-10(6-8)12-5-4-11-9/h2-3,6H,4-5,7H2,1H3. The summed E-state index contributed by atoms with van der Waals surface area (Å²) < 4.78 is 10.9. The van der Waals surface area contributed by atoms with Gasteiger partial charge in [-0.25, -0.2) is 0 Å². The van der Waals surface area contributed by atoms with Gasteiger partial charge in [-0.05, 0) is 23.7 Å². The minimum atomic E-state index is 0.669. The Morgan fingerprint density at radius 2 is 2.00 bits per heavy atom. The van der Waals surface area contributed by atoms with Crippen LogP contribution in [-0.4, -0.2) is 22.7 Å². The molecule has 0 N–H and O–H groups in total. The van der Waals surface area contributed by atoms with Gasteiger partial charge in [-0.15, -0.1) is 0 Å². The van der Waals surface area contributed by atoms with Crippen molar-refractivity contribution >= 4 is 9.52 Å². The number of benzene rings is 1. The minimum Gasteiger partial charge on any atom is -0.486 e. The highest BCUT2D eigenvalue weighted by molar-refractivity contribution is 6.32. The lowest BCUT2D eigenvalue weighted by Gasteiger charge is -2.18. The van der Waals surface area contributed by atoms with Gasteiger partial charge in [0, 0.05) is 9.52 Å². The van der Waals surface area contributed by atoms with Crippen LogP contribution in [0.1, 0.15) is 5.56 Å². The van der Waals surface area contributed by atoms with Crippen LogP contribution in [-0.2, 0) is 6.04 Å². The summed E-state index contributed by atoms with van der Waals surface area (Å²) in [6.45, 7) is 3.55. The Bertz CT molecular complexity index is 299. The molecule has 0 bridgehead atoms. The zero-order valence-electron chi connectivity index (χ0n) is 7.67. The van der Waals surface area contributed by atoms with Crippen LogP contribution >= 0.6 is 0 Å². The fourth-order valence-electron chi connectivity index (χ4n) is 1.40. The van der Waals surface area contributed by atoms with Gasteiger partial charge >= 0.3 is 0 Å². The lowest BCUT2D eigenvalue weighted by molar-refractivity contribution is 0.171. The molecule has 0 fully saturated rings. The third-order valence-electron chi connectivity index (χ3n) is 1.99. The van der Waals surface area contributed by atoms with Gasteiger partial charge in [0.2, 0.25) is 0 Å². The molecule has 1 heterocycles. The van der Waals surface area contributed by atoms with Crippen molar-refractivity contribution in [3.8, 4) is 11.5 Å². The van der Waals surface area contributed by atoms with Gasteiger partial charge in [0.1, 0.15) is 13.2 Å². The van der Waals surface area contributed by atoms with Gasteiger partial charge in [-0.1, -0.05) is 12.6 Å². The molecule has 0 spiro atoms. The van der Waals surface area contributed by atoms with Crippen molar-refractivity contribution in [2.75, 3.05) is 13.2 Å². The average Bonchev–Trinajstić information content (AvgIpc) is 2.18. The first-order valence-corrected chi connectivity index (χ1v) is 6.14. The highest BCUT2D eigenvalue weighted by Gasteiger charge is 2.10. The van der Waals surface area contributed by atoms with Gasteiger partial charge in [0.15, 0.2) is 11.5 Å². The molecule has 1 aliphatic rings. The Morgan fingerprint density at radius 1 is 1.23 bits per heavy atom. The highest BCUT2D eigenvalue weighted by Crippen LogP contribution is 2.30. The molecule has 0 aliphatic carbocycles. The van der Waals surface area contributed by atoms with E-state index in [1.165, 1.54) is 5.56 Å². The van der Waals surface area contributed by atoms with E-state index < -0.39 is 0 Å². The molecule has 2 rings (SSSR count). The van der Waals surface area contributed by atoms with Crippen LogP contribution in [0, 0.1) is 0 Å². The minimum absolute atomic E-state index is 0.669. The predicted octanol–water partition coefficient (Wildman–Crippen LogP) is 1.71. The first-order valence-electron chi connectivity index (χ1n) is 4.43. The summed E-state index contributed by atoms with van der Waals surface area (Å²) in [5.74, 6) is 1.79. The molecule has 3 heteroatoms. The Morgan fingerprint density at radius 3 is 2.77 bits per heavy atom. The molecule has 0 amide bonds. The Hall–Kier alpha value is -0.963. The smallest absolute Gasteiger partial charge is 0.161 e. The van der Waals surface area contributed by atoms with E-state index in [9.17, 15) is 0 Å². The maximum atomic E-state index is 5.49. The van der Waals surface area contributed by atoms with Crippen LogP contribution in [0.5, 0.6) is 11.5 Å². The molecule has 0 saturated heterocycles. The number of ether oxygens (including phenoxy) is 2. The third-order valence-corrected chi connectivity index (χ3v) is 2.75. The van der Waals surface area contributed by atoms with Crippen LogP contribution in [0.2, 0.25) is 6.55 Å². The van der Waals surface area contributed by atoms with Crippen LogP contribution in [0.15, 0.2) is 18.2 Å². The van der Waals surface area contributed by atoms with E-state index >= 15 is 0 Å². The normalized spacial score (nSPS) is 14.2. The summed E-state index contributed by atoms with van der Waals surface area (Å²) >= 11 is 0. The summed E-state index contributed by atoms with van der Waals surface area (Å²) in [6.07, 6.45) is 0. The summed E-state index contributed by atoms with van der Waals surface area (Å²) in [4.78, 5) is 0. The molecule has 2 radical (unpaired) electrons. The third kappa shape index (κ3) is 1.86. The second-order valence-corrected chi connectivity index (χ2v) is 4.07. The van der Waals surface area contributed by atoms with Gasteiger partial charge in [0.25, 0.3) is 0 Å². The molecule has 0 saturated carbocycles. The fourth-order valence-corrected chi connectivity index (χ4v) is 2.03. The van der Waals surface area contributed by atoms with Crippen LogP contribution in [0.3, 0.4) is 0 Å². The van der Waals surface area contributed by atoms with Crippen molar-refractivity contribution in [2.45, 2.75) is 12.6 Å². The van der Waals surface area contributed by atoms with E-state index in [1.807, 2.05) is 6.07 Å². The fraction of sp³-hybridized carbons (Fsp3) is 0.400. The van der Waals surface area contributed by atoms with Crippen molar-refractivity contribution in [1.29, 1.82) is 0 Å². The molecular formula is C10H12O2Si. The highest BCUT2D eigenvalue weighted by atomic mass is 28.2. The van der Waals surface area contributed by atoms with E-state index in [4.69, 9.17) is 9.47 Å². The maximum Gasteiger partial charge on any atom is 0.161 e. The zero-order valence-corrected chi connectivity index (χ0v) is 8.67. The van der Waals surface area contributed by atoms with Gasteiger partial charge in [0.05, 0.1) is 0 Å². The van der Waals surface area contributed by atoms with Crippen molar-refractivity contribution in [3.63, 3.8) is 0 Å². The molecule has 13 heavy (non-hydrogen) atoms. The lowest BCUT2D eigenvalue weighted by atomic mass is 10.2. The second-order valence-electron chi connectivity index (χ2n) is 3.01. The van der Waals surface area contributed by atoms with Gasteiger partial charge in [-0.3, -0.25) is 0 Å². The molecule has 1 aliphatic heterocycles. The first kappa shape index (κ1) is 8.63. The van der Waals surface area contributed by atoms with E-state index in [2.05, 4.69) is 18.7 Å². The van der Waals surface area contributed by atoms with E-state index in [0.29, 0.717) is 13.2 Å². The van der Waals surface area contributed by atoms with Gasteiger partial charge in [-0.2, -0.15) is 0 Å². The van der Waals surface area contributed by atoms with E-state index in [0.717, 1.165) is 27.1 Å². The molecule has 1 aromatic rings. The largest absolute Gasteiger partial charge is 0.486 e. The van der Waals surface area contributed by atoms with E-state index in [-0.39, 0.29) is 0 Å². The molecule has 0 atom stereocenters. The summed E-state index contributed by atoms with van der Waals surface area (Å²) in [5.41, 5.74) is 1.34. The van der Waals surface area contributed by atoms with Crippen LogP contribution in [0.4, 0.5) is 0 Å². The van der Waals surface area contributed by atoms with Crippen molar-refractivity contribution in [2.24, 2.45) is 0 Å². The molecule has 0 aromatic heterocycles.